The van der Waals surface area contributed by atoms with Gasteiger partial charge in [0.2, 0.25) is 5.89 Å². The Kier molecular flexibility index (Phi) is 7.19. The number of hydrogen-bond acceptors (Lipinski definition) is 5. The van der Waals surface area contributed by atoms with E-state index < -0.39 is 17.2 Å². The van der Waals surface area contributed by atoms with E-state index in [1.54, 1.807) is 6.92 Å². The smallest absolute Gasteiger partial charge is 0.416 e. The van der Waals surface area contributed by atoms with Crippen LogP contribution in [0.5, 0.6) is 5.75 Å². The van der Waals surface area contributed by atoms with Crippen LogP contribution in [0.2, 0.25) is 0 Å². The van der Waals surface area contributed by atoms with Gasteiger partial charge in [0.1, 0.15) is 11.5 Å². The second-order valence-electron chi connectivity index (χ2n) is 8.87. The molecule has 186 valence electrons. The molecule has 0 amide bonds. The summed E-state index contributed by atoms with van der Waals surface area (Å²) in [6.07, 6.45) is -0.587. The predicted octanol–water partition coefficient (Wildman–Crippen LogP) is 6.57. The molecule has 4 rings (SSSR count). The molecule has 1 aliphatic rings. The van der Waals surface area contributed by atoms with Crippen molar-refractivity contribution >= 4 is 5.97 Å². The van der Waals surface area contributed by atoms with Crippen molar-refractivity contribution in [2.75, 3.05) is 13.2 Å². The molecule has 0 aliphatic heterocycles. The van der Waals surface area contributed by atoms with Gasteiger partial charge < -0.3 is 13.9 Å². The minimum atomic E-state index is -4.43. The van der Waals surface area contributed by atoms with E-state index in [9.17, 15) is 18.0 Å². The van der Waals surface area contributed by atoms with Crippen molar-refractivity contribution in [1.82, 2.24) is 4.98 Å². The molecule has 1 heterocycles. The minimum Gasteiger partial charge on any atom is -0.493 e. The molecular weight excluding hydrogens is 459 g/mol. The normalized spacial score (nSPS) is 14.9. The third-order valence-electron chi connectivity index (χ3n) is 6.42. The van der Waals surface area contributed by atoms with Crippen LogP contribution in [0.15, 0.2) is 52.9 Å². The second-order valence-corrected chi connectivity index (χ2v) is 8.87. The first-order valence-corrected chi connectivity index (χ1v) is 11.7. The molecule has 5 nitrogen and oxygen atoms in total. The first kappa shape index (κ1) is 24.8. The lowest BCUT2D eigenvalue weighted by molar-refractivity contribution is -0.161. The molecule has 0 bridgehead atoms. The average molecular weight is 488 g/mol. The molecule has 35 heavy (non-hydrogen) atoms. The van der Waals surface area contributed by atoms with E-state index >= 15 is 0 Å². The van der Waals surface area contributed by atoms with Gasteiger partial charge in [0.15, 0.2) is 0 Å². The van der Waals surface area contributed by atoms with Crippen molar-refractivity contribution in [2.45, 2.75) is 52.1 Å². The zero-order chi connectivity index (χ0) is 25.1. The van der Waals surface area contributed by atoms with Gasteiger partial charge in [0.05, 0.1) is 29.9 Å². The standard InChI is InChI=1S/C27H28F3NO4/c1-3-33-25(32)26(13-5-14-26)17-19-8-10-22(11-9-19)34-15-12-23-18(2)35-24(31-23)20-6-4-7-21(16-20)27(28,29)30/h4,6-11,16H,3,5,12-15,17H2,1-2H3. The maximum Gasteiger partial charge on any atom is 0.416 e. The van der Waals surface area contributed by atoms with Crippen molar-refractivity contribution in [3.05, 3.63) is 71.1 Å². The summed E-state index contributed by atoms with van der Waals surface area (Å²) in [5.74, 6) is 1.27. The number of aryl methyl sites for hydroxylation is 1. The molecule has 1 aromatic heterocycles. The average Bonchev–Trinajstić information content (AvgIpc) is 3.17. The van der Waals surface area contributed by atoms with Crippen LogP contribution in [-0.4, -0.2) is 24.2 Å². The van der Waals surface area contributed by atoms with Gasteiger partial charge in [-0.15, -0.1) is 0 Å². The van der Waals surface area contributed by atoms with E-state index in [-0.39, 0.29) is 17.4 Å². The van der Waals surface area contributed by atoms with Gasteiger partial charge in [-0.3, -0.25) is 4.79 Å². The maximum atomic E-state index is 13.0. The third kappa shape index (κ3) is 5.69. The molecule has 1 fully saturated rings. The summed E-state index contributed by atoms with van der Waals surface area (Å²) in [4.78, 5) is 16.7. The molecule has 0 unspecified atom stereocenters. The first-order valence-electron chi connectivity index (χ1n) is 11.7. The molecule has 1 aliphatic carbocycles. The Morgan fingerprint density at radius 1 is 1.14 bits per heavy atom. The van der Waals surface area contributed by atoms with Gasteiger partial charge in [0, 0.05) is 12.0 Å². The number of nitrogens with zero attached hydrogens (tertiary/aromatic N) is 1. The zero-order valence-corrected chi connectivity index (χ0v) is 19.8. The molecule has 1 saturated carbocycles. The van der Waals surface area contributed by atoms with E-state index in [0.29, 0.717) is 43.3 Å². The van der Waals surface area contributed by atoms with Crippen LogP contribution < -0.4 is 4.74 Å². The summed E-state index contributed by atoms with van der Waals surface area (Å²) >= 11 is 0. The van der Waals surface area contributed by atoms with E-state index in [1.807, 2.05) is 31.2 Å². The maximum absolute atomic E-state index is 13.0. The summed E-state index contributed by atoms with van der Waals surface area (Å²) < 4.78 is 55.7. The van der Waals surface area contributed by atoms with Crippen LogP contribution >= 0.6 is 0 Å². The fourth-order valence-corrected chi connectivity index (χ4v) is 4.31. The van der Waals surface area contributed by atoms with Crippen molar-refractivity contribution in [3.8, 4) is 17.2 Å². The molecule has 8 heteroatoms. The van der Waals surface area contributed by atoms with Gasteiger partial charge in [-0.25, -0.2) is 4.98 Å². The van der Waals surface area contributed by atoms with Crippen LogP contribution in [0.3, 0.4) is 0 Å². The number of aromatic nitrogens is 1. The lowest BCUT2D eigenvalue weighted by Gasteiger charge is -2.39. The van der Waals surface area contributed by atoms with Crippen LogP contribution in [0.1, 0.15) is 48.8 Å². The molecule has 0 spiro atoms. The first-order chi connectivity index (χ1) is 16.7. The lowest BCUT2D eigenvalue weighted by Crippen LogP contribution is -2.41. The molecule has 2 aromatic carbocycles. The summed E-state index contributed by atoms with van der Waals surface area (Å²) in [5, 5.41) is 0. The molecule has 0 atom stereocenters. The fourth-order valence-electron chi connectivity index (χ4n) is 4.31. The molecule has 0 radical (unpaired) electrons. The summed E-state index contributed by atoms with van der Waals surface area (Å²) in [6, 6.07) is 12.6. The van der Waals surface area contributed by atoms with Gasteiger partial charge in [-0.1, -0.05) is 24.6 Å². The third-order valence-corrected chi connectivity index (χ3v) is 6.42. The van der Waals surface area contributed by atoms with Crippen LogP contribution in [0.25, 0.3) is 11.5 Å². The highest BCUT2D eigenvalue weighted by Crippen LogP contribution is 2.45. The second kappa shape index (κ2) is 10.1. The van der Waals surface area contributed by atoms with E-state index in [2.05, 4.69) is 4.98 Å². The summed E-state index contributed by atoms with van der Waals surface area (Å²) in [7, 11) is 0. The van der Waals surface area contributed by atoms with E-state index in [0.717, 1.165) is 37.0 Å². The number of esters is 1. The van der Waals surface area contributed by atoms with Gasteiger partial charge in [-0.05, 0) is 69.0 Å². The number of carbonyl (C=O) groups is 1. The number of halogens is 3. The van der Waals surface area contributed by atoms with Crippen LogP contribution in [0, 0.1) is 12.3 Å². The highest BCUT2D eigenvalue weighted by Gasteiger charge is 2.45. The number of benzene rings is 2. The highest BCUT2D eigenvalue weighted by molar-refractivity contribution is 5.78. The predicted molar refractivity (Wildman–Crippen MR) is 124 cm³/mol. The molecule has 3 aromatic rings. The fraction of sp³-hybridized carbons (Fsp3) is 0.407. The number of hydrogen-bond donors (Lipinski definition) is 0. The largest absolute Gasteiger partial charge is 0.493 e. The van der Waals surface area contributed by atoms with Crippen molar-refractivity contribution < 1.29 is 31.9 Å². The number of oxazole rings is 1. The Morgan fingerprint density at radius 2 is 1.89 bits per heavy atom. The Morgan fingerprint density at radius 3 is 2.51 bits per heavy atom. The van der Waals surface area contributed by atoms with Crippen molar-refractivity contribution in [2.24, 2.45) is 5.41 Å². The van der Waals surface area contributed by atoms with Gasteiger partial charge in [-0.2, -0.15) is 13.2 Å². The Labute approximate surface area is 202 Å². The van der Waals surface area contributed by atoms with Crippen molar-refractivity contribution in [1.29, 1.82) is 0 Å². The lowest BCUT2D eigenvalue weighted by atomic mass is 9.65. The molecule has 0 N–H and O–H groups in total. The Balaban J connectivity index is 1.34. The number of rotatable bonds is 9. The quantitative estimate of drug-likeness (QED) is 0.320. The van der Waals surface area contributed by atoms with E-state index in [4.69, 9.17) is 13.9 Å². The van der Waals surface area contributed by atoms with E-state index in [1.165, 1.54) is 12.1 Å². The van der Waals surface area contributed by atoms with Gasteiger partial charge in [0.25, 0.3) is 0 Å². The number of carbonyl (C=O) groups excluding carboxylic acids is 1. The van der Waals surface area contributed by atoms with Gasteiger partial charge >= 0.3 is 12.1 Å². The van der Waals surface area contributed by atoms with Crippen LogP contribution in [-0.2, 0) is 28.5 Å². The zero-order valence-electron chi connectivity index (χ0n) is 19.8. The Bertz CT molecular complexity index is 1160. The highest BCUT2D eigenvalue weighted by atomic mass is 19.4. The summed E-state index contributed by atoms with van der Waals surface area (Å²) in [5.41, 5.74) is 0.821. The minimum absolute atomic E-state index is 0.112. The Hall–Kier alpha value is -3.29. The molecule has 0 saturated heterocycles. The summed E-state index contributed by atoms with van der Waals surface area (Å²) in [6.45, 7) is 4.28. The van der Waals surface area contributed by atoms with Crippen molar-refractivity contribution in [3.63, 3.8) is 0 Å². The topological polar surface area (TPSA) is 61.6 Å². The monoisotopic (exact) mass is 487 g/mol. The SMILES string of the molecule is CCOC(=O)C1(Cc2ccc(OCCc3nc(-c4cccc(C(F)(F)F)c4)oc3C)cc2)CCC1. The number of alkyl halides is 3. The number of ether oxygens (including phenoxy) is 2. The van der Waals surface area contributed by atoms with Crippen LogP contribution in [0.4, 0.5) is 13.2 Å². The molecular formula is C27H28F3NO4.